The zero-order chi connectivity index (χ0) is 11.3. The van der Waals surface area contributed by atoms with Crippen molar-refractivity contribution in [1.82, 2.24) is 0 Å². The highest BCUT2D eigenvalue weighted by molar-refractivity contribution is 5.33. The van der Waals surface area contributed by atoms with E-state index in [9.17, 15) is 4.39 Å². The molecule has 15 heavy (non-hydrogen) atoms. The fourth-order valence-electron chi connectivity index (χ4n) is 1.16. The van der Waals surface area contributed by atoms with Crippen LogP contribution in [0.3, 0.4) is 0 Å². The normalized spacial score (nSPS) is 12.5. The van der Waals surface area contributed by atoms with Crippen LogP contribution in [-0.2, 0) is 6.61 Å². The summed E-state index contributed by atoms with van der Waals surface area (Å²) < 4.78 is 18.3. The molecule has 0 fully saturated rings. The number of hydrogen-bond donors (Lipinski definition) is 1. The summed E-state index contributed by atoms with van der Waals surface area (Å²) in [5, 5.41) is 9.02. The van der Waals surface area contributed by atoms with Gasteiger partial charge in [-0.1, -0.05) is 20.3 Å². The maximum atomic E-state index is 12.8. The molecule has 1 unspecified atom stereocenters. The van der Waals surface area contributed by atoms with Crippen molar-refractivity contribution < 1.29 is 14.2 Å². The Hall–Kier alpha value is -1.09. The summed E-state index contributed by atoms with van der Waals surface area (Å²) in [6.07, 6.45) is 1.04. The van der Waals surface area contributed by atoms with E-state index in [1.54, 1.807) is 6.07 Å². The van der Waals surface area contributed by atoms with Gasteiger partial charge in [-0.3, -0.25) is 0 Å². The summed E-state index contributed by atoms with van der Waals surface area (Å²) in [6.45, 7) is 4.57. The molecule has 1 aromatic carbocycles. The minimum Gasteiger partial charge on any atom is -0.493 e. The summed E-state index contributed by atoms with van der Waals surface area (Å²) in [6, 6.07) is 4.19. The van der Waals surface area contributed by atoms with Gasteiger partial charge in [0.1, 0.15) is 11.6 Å². The Morgan fingerprint density at radius 2 is 2.20 bits per heavy atom. The maximum Gasteiger partial charge on any atom is 0.125 e. The van der Waals surface area contributed by atoms with Crippen molar-refractivity contribution >= 4 is 0 Å². The molecule has 1 aromatic rings. The average molecular weight is 212 g/mol. The second-order valence-corrected chi connectivity index (χ2v) is 3.73. The van der Waals surface area contributed by atoms with Gasteiger partial charge >= 0.3 is 0 Å². The Morgan fingerprint density at radius 3 is 2.80 bits per heavy atom. The molecule has 84 valence electrons. The van der Waals surface area contributed by atoms with Crippen molar-refractivity contribution in [3.63, 3.8) is 0 Å². The monoisotopic (exact) mass is 212 g/mol. The lowest BCUT2D eigenvalue weighted by atomic mass is 10.1. The molecule has 3 heteroatoms. The Bertz CT molecular complexity index is 312. The molecule has 0 saturated heterocycles. The molecule has 0 aromatic heterocycles. The largest absolute Gasteiger partial charge is 0.493 e. The first-order valence-electron chi connectivity index (χ1n) is 5.19. The van der Waals surface area contributed by atoms with Crippen LogP contribution >= 0.6 is 0 Å². The molecule has 0 aliphatic heterocycles. The highest BCUT2D eigenvalue weighted by Gasteiger charge is 2.06. The molecular formula is C12H17FO2. The van der Waals surface area contributed by atoms with Crippen LogP contribution in [0.5, 0.6) is 5.75 Å². The zero-order valence-corrected chi connectivity index (χ0v) is 9.16. The lowest BCUT2D eigenvalue weighted by Crippen LogP contribution is -2.08. The van der Waals surface area contributed by atoms with Crippen molar-refractivity contribution in [3.8, 4) is 5.75 Å². The lowest BCUT2D eigenvalue weighted by Gasteiger charge is -2.13. The predicted octanol–water partition coefficient (Wildman–Crippen LogP) is 2.74. The third-order valence-electron chi connectivity index (χ3n) is 2.41. The molecule has 0 saturated carbocycles. The first kappa shape index (κ1) is 12.0. The van der Waals surface area contributed by atoms with E-state index in [0.717, 1.165) is 6.42 Å². The molecule has 0 radical (unpaired) electrons. The van der Waals surface area contributed by atoms with E-state index in [4.69, 9.17) is 9.84 Å². The van der Waals surface area contributed by atoms with Gasteiger partial charge in [0, 0.05) is 5.56 Å². The van der Waals surface area contributed by atoms with Gasteiger partial charge in [0.15, 0.2) is 0 Å². The number of rotatable bonds is 5. The van der Waals surface area contributed by atoms with Crippen LogP contribution in [0, 0.1) is 11.7 Å². The number of aliphatic hydroxyl groups excluding tert-OH is 1. The molecule has 1 atom stereocenters. The minimum atomic E-state index is -0.352. The van der Waals surface area contributed by atoms with Crippen LogP contribution in [0.2, 0.25) is 0 Å². The molecule has 0 aliphatic carbocycles. The first-order chi connectivity index (χ1) is 7.17. The van der Waals surface area contributed by atoms with Crippen molar-refractivity contribution in [2.75, 3.05) is 6.61 Å². The van der Waals surface area contributed by atoms with E-state index < -0.39 is 0 Å². The zero-order valence-electron chi connectivity index (χ0n) is 9.16. The van der Waals surface area contributed by atoms with Crippen molar-refractivity contribution in [2.45, 2.75) is 26.9 Å². The second-order valence-electron chi connectivity index (χ2n) is 3.73. The number of hydrogen-bond acceptors (Lipinski definition) is 2. The summed E-state index contributed by atoms with van der Waals surface area (Å²) in [5.41, 5.74) is 0.498. The van der Waals surface area contributed by atoms with Crippen LogP contribution in [0.15, 0.2) is 18.2 Å². The lowest BCUT2D eigenvalue weighted by molar-refractivity contribution is 0.237. The molecule has 0 aliphatic rings. The van der Waals surface area contributed by atoms with Crippen molar-refractivity contribution in [1.29, 1.82) is 0 Å². The minimum absolute atomic E-state index is 0.201. The third-order valence-corrected chi connectivity index (χ3v) is 2.41. The number of benzene rings is 1. The van der Waals surface area contributed by atoms with E-state index >= 15 is 0 Å². The molecular weight excluding hydrogens is 195 g/mol. The van der Waals surface area contributed by atoms with Gasteiger partial charge in [-0.15, -0.1) is 0 Å². The maximum absolute atomic E-state index is 12.8. The molecule has 1 N–H and O–H groups in total. The Labute approximate surface area is 89.7 Å². The fourth-order valence-corrected chi connectivity index (χ4v) is 1.16. The number of aliphatic hydroxyl groups is 1. The SMILES string of the molecule is CCC(C)COc1ccc(F)cc1CO. The quantitative estimate of drug-likeness (QED) is 0.813. The Balaban J connectivity index is 2.67. The van der Waals surface area contributed by atoms with Crippen LogP contribution in [0.4, 0.5) is 4.39 Å². The standard InChI is InChI=1S/C12H17FO2/c1-3-9(2)8-15-12-5-4-11(13)6-10(12)7-14/h4-6,9,14H,3,7-8H2,1-2H3. The smallest absolute Gasteiger partial charge is 0.125 e. The van der Waals surface area contributed by atoms with Gasteiger partial charge < -0.3 is 9.84 Å². The van der Waals surface area contributed by atoms with E-state index in [2.05, 4.69) is 13.8 Å². The number of halogens is 1. The summed E-state index contributed by atoms with van der Waals surface area (Å²) in [5.74, 6) is 0.677. The van der Waals surface area contributed by atoms with E-state index in [-0.39, 0.29) is 12.4 Å². The van der Waals surface area contributed by atoms with Crippen molar-refractivity contribution in [3.05, 3.63) is 29.6 Å². The van der Waals surface area contributed by atoms with Gasteiger partial charge in [0.25, 0.3) is 0 Å². The summed E-state index contributed by atoms with van der Waals surface area (Å²) in [4.78, 5) is 0. The van der Waals surface area contributed by atoms with Gasteiger partial charge in [-0.2, -0.15) is 0 Å². The van der Waals surface area contributed by atoms with E-state index in [1.807, 2.05) is 0 Å². The Morgan fingerprint density at radius 1 is 1.47 bits per heavy atom. The third kappa shape index (κ3) is 3.51. The van der Waals surface area contributed by atoms with Crippen LogP contribution in [0.1, 0.15) is 25.8 Å². The molecule has 2 nitrogen and oxygen atoms in total. The highest BCUT2D eigenvalue weighted by Crippen LogP contribution is 2.20. The van der Waals surface area contributed by atoms with E-state index in [0.29, 0.717) is 23.8 Å². The van der Waals surface area contributed by atoms with Gasteiger partial charge in [0.05, 0.1) is 13.2 Å². The average Bonchev–Trinajstić information content (AvgIpc) is 2.26. The molecule has 0 amide bonds. The summed E-state index contributed by atoms with van der Waals surface area (Å²) in [7, 11) is 0. The summed E-state index contributed by atoms with van der Waals surface area (Å²) >= 11 is 0. The van der Waals surface area contributed by atoms with Gasteiger partial charge in [0.2, 0.25) is 0 Å². The van der Waals surface area contributed by atoms with Crippen LogP contribution in [0.25, 0.3) is 0 Å². The van der Waals surface area contributed by atoms with Crippen LogP contribution in [-0.4, -0.2) is 11.7 Å². The topological polar surface area (TPSA) is 29.5 Å². The van der Waals surface area contributed by atoms with Gasteiger partial charge in [-0.05, 0) is 24.1 Å². The second kappa shape index (κ2) is 5.71. The fraction of sp³-hybridized carbons (Fsp3) is 0.500. The van der Waals surface area contributed by atoms with Crippen molar-refractivity contribution in [2.24, 2.45) is 5.92 Å². The highest BCUT2D eigenvalue weighted by atomic mass is 19.1. The molecule has 1 rings (SSSR count). The molecule has 0 heterocycles. The van der Waals surface area contributed by atoms with Gasteiger partial charge in [-0.25, -0.2) is 4.39 Å². The Kier molecular flexibility index (Phi) is 4.56. The first-order valence-corrected chi connectivity index (χ1v) is 5.19. The predicted molar refractivity (Wildman–Crippen MR) is 57.3 cm³/mol. The number of ether oxygens (including phenoxy) is 1. The van der Waals surface area contributed by atoms with E-state index in [1.165, 1.54) is 12.1 Å². The van der Waals surface area contributed by atoms with Crippen LogP contribution < -0.4 is 4.74 Å². The molecule has 0 spiro atoms. The molecule has 0 bridgehead atoms.